The number of quaternary nitrogens is 1. The molecule has 0 N–H and O–H groups in total. The minimum Gasteiger partial charge on any atom is -0.545 e. The lowest BCUT2D eigenvalue weighted by molar-refractivity contribution is -0.870. The van der Waals surface area contributed by atoms with Gasteiger partial charge in [-0.05, 0) is 103 Å². The van der Waals surface area contributed by atoms with Gasteiger partial charge in [0.2, 0.25) is 0 Å². The van der Waals surface area contributed by atoms with Crippen LogP contribution in [0.25, 0.3) is 0 Å². The molecule has 0 aromatic carbocycles. The Hall–Kier alpha value is -4.31. The van der Waals surface area contributed by atoms with Gasteiger partial charge in [0.1, 0.15) is 13.2 Å². The largest absolute Gasteiger partial charge is 0.545 e. The van der Waals surface area contributed by atoms with Crippen LogP contribution >= 0.6 is 0 Å². The molecule has 0 aromatic heterocycles. The first kappa shape index (κ1) is 86.7. The number of carboxylic acids is 1. The Labute approximate surface area is 561 Å². The lowest BCUT2D eigenvalue weighted by atomic mass is 10.0. The van der Waals surface area contributed by atoms with Crippen LogP contribution in [-0.4, -0.2) is 82.3 Å². The van der Waals surface area contributed by atoms with Crippen molar-refractivity contribution in [3.63, 3.8) is 0 Å². The van der Waals surface area contributed by atoms with Gasteiger partial charge in [0.25, 0.3) is 0 Å². The first-order valence-electron chi connectivity index (χ1n) is 37.7. The second-order valence-electron chi connectivity index (χ2n) is 26.2. The Bertz CT molecular complexity index is 1910. The van der Waals surface area contributed by atoms with Crippen molar-refractivity contribution in [3.05, 3.63) is 122 Å². The van der Waals surface area contributed by atoms with Gasteiger partial charge in [0, 0.05) is 12.8 Å². The average Bonchev–Trinajstić information content (AvgIpc) is 3.66. The molecule has 0 heterocycles. The van der Waals surface area contributed by atoms with E-state index in [0.29, 0.717) is 17.4 Å². The van der Waals surface area contributed by atoms with Crippen molar-refractivity contribution < 1.29 is 42.9 Å². The summed E-state index contributed by atoms with van der Waals surface area (Å²) in [6, 6.07) is 0. The van der Waals surface area contributed by atoms with Gasteiger partial charge in [-0.1, -0.05) is 328 Å². The van der Waals surface area contributed by atoms with Gasteiger partial charge in [-0.3, -0.25) is 9.59 Å². The molecule has 0 rings (SSSR count). The van der Waals surface area contributed by atoms with Gasteiger partial charge in [-0.25, -0.2) is 0 Å². The molecule has 0 aliphatic heterocycles. The van der Waals surface area contributed by atoms with Crippen LogP contribution < -0.4 is 5.11 Å². The van der Waals surface area contributed by atoms with Crippen LogP contribution in [0.15, 0.2) is 122 Å². The first-order chi connectivity index (χ1) is 44.6. The summed E-state index contributed by atoms with van der Waals surface area (Å²) in [5.41, 5.74) is 0. The number of esters is 2. The third-order valence-electron chi connectivity index (χ3n) is 16.2. The summed E-state index contributed by atoms with van der Waals surface area (Å²) < 4.78 is 22.8. The Kier molecular flexibility index (Phi) is 68.1. The number of hydrogen-bond acceptors (Lipinski definition) is 8. The molecule has 0 radical (unpaired) electrons. The maximum atomic E-state index is 13.0. The number of carboxylic acid groups (broad SMARTS) is 1. The molecule has 9 heteroatoms. The summed E-state index contributed by atoms with van der Waals surface area (Å²) in [7, 11) is 5.93. The van der Waals surface area contributed by atoms with Crippen molar-refractivity contribution >= 4 is 17.9 Å². The SMILES string of the molecule is CC/C=C\C/C=C\C/C=C\C/C=C\C/C=C\C/C=C\CCCCCCCCCCCCC(=O)OC(COC(=O)CCCCCCCCCCCCCCCCCCCCCCCCCC/C=C\C/C=C\C/C=C\C/C=C\CC)COC(OCC[N+](C)(C)C)C(=O)[O-]. The quantitative estimate of drug-likeness (QED) is 0.0195. The fourth-order valence-corrected chi connectivity index (χ4v) is 10.5. The molecule has 0 aliphatic rings. The van der Waals surface area contributed by atoms with Crippen LogP contribution in [0.3, 0.4) is 0 Å². The normalized spacial score (nSPS) is 13.4. The topological polar surface area (TPSA) is 111 Å². The number of allylic oxidation sites excluding steroid dienone is 20. The Balaban J connectivity index is 4.04. The highest BCUT2D eigenvalue weighted by Gasteiger charge is 2.22. The van der Waals surface area contributed by atoms with E-state index in [-0.39, 0.29) is 38.6 Å². The second kappa shape index (κ2) is 71.5. The third-order valence-corrected chi connectivity index (χ3v) is 16.2. The van der Waals surface area contributed by atoms with E-state index in [1.165, 1.54) is 180 Å². The fraction of sp³-hybridized carbons (Fsp3) is 0.720. The molecular weight excluding hydrogens is 1130 g/mol. The second-order valence-corrected chi connectivity index (χ2v) is 26.2. The Morgan fingerprint density at radius 2 is 0.593 bits per heavy atom. The monoisotopic (exact) mass is 1270 g/mol. The number of carbonyl (C=O) groups is 3. The van der Waals surface area contributed by atoms with Gasteiger partial charge in [-0.15, -0.1) is 0 Å². The number of nitrogens with zero attached hydrogens (tertiary/aromatic N) is 1. The number of hydrogen-bond donors (Lipinski definition) is 0. The predicted molar refractivity (Wildman–Crippen MR) is 389 cm³/mol. The summed E-state index contributed by atoms with van der Waals surface area (Å²) in [5.74, 6) is -2.28. The van der Waals surface area contributed by atoms with Crippen LogP contribution in [0.5, 0.6) is 0 Å². The van der Waals surface area contributed by atoms with Crippen molar-refractivity contribution in [1.82, 2.24) is 0 Å². The zero-order chi connectivity index (χ0) is 66.1. The van der Waals surface area contributed by atoms with E-state index in [2.05, 4.69) is 135 Å². The highest BCUT2D eigenvalue weighted by Crippen LogP contribution is 2.18. The van der Waals surface area contributed by atoms with Crippen molar-refractivity contribution in [2.24, 2.45) is 0 Å². The minimum atomic E-state index is -1.63. The lowest BCUT2D eigenvalue weighted by Crippen LogP contribution is -2.44. The molecule has 0 fully saturated rings. The highest BCUT2D eigenvalue weighted by molar-refractivity contribution is 5.70. The van der Waals surface area contributed by atoms with Crippen LogP contribution in [-0.2, 0) is 33.3 Å². The molecule has 0 spiro atoms. The molecule has 0 aromatic rings. The fourth-order valence-electron chi connectivity index (χ4n) is 10.5. The van der Waals surface area contributed by atoms with Crippen molar-refractivity contribution in [2.75, 3.05) is 47.5 Å². The van der Waals surface area contributed by atoms with Gasteiger partial charge in [0.05, 0.1) is 40.3 Å². The van der Waals surface area contributed by atoms with E-state index in [1.54, 1.807) is 0 Å². The standard InChI is InChI=1S/C82H141NO8/c1-6-8-10-12-14-16-18-20-22-24-26-28-30-32-34-36-37-38-39-40-41-42-43-45-46-48-50-52-54-56-58-60-62-64-66-68-70-72-79(84)89-76-78(77-90-82(81(86)87)88-75-74-83(3,4)5)91-80(85)73-71-69-67-65-63-61-59-57-55-53-51-49-47-44-35-33-31-29-27-25-23-21-19-17-15-13-11-9-7-2/h8-11,14-17,20-23,26-29,33,35,47,49,78,82H,6-7,12-13,18-19,24-25,30-32,34,36-46,48,50-77H2,1-5H3/b10-8-,11-9-,16-14-,17-15-,22-20-,23-21-,28-26-,29-27-,35-33-,49-47-. The average molecular weight is 1270 g/mol. The summed E-state index contributed by atoms with van der Waals surface area (Å²) in [5, 5.41) is 11.8. The van der Waals surface area contributed by atoms with E-state index in [9.17, 15) is 19.5 Å². The third kappa shape index (κ3) is 73.0. The van der Waals surface area contributed by atoms with Crippen molar-refractivity contribution in [3.8, 4) is 0 Å². The molecule has 2 atom stereocenters. The van der Waals surface area contributed by atoms with E-state index in [0.717, 1.165) is 109 Å². The van der Waals surface area contributed by atoms with Gasteiger partial charge >= 0.3 is 11.9 Å². The highest BCUT2D eigenvalue weighted by atomic mass is 16.7. The van der Waals surface area contributed by atoms with Gasteiger partial charge in [-0.2, -0.15) is 0 Å². The molecule has 91 heavy (non-hydrogen) atoms. The number of carbonyl (C=O) groups excluding carboxylic acids is 3. The molecule has 522 valence electrons. The van der Waals surface area contributed by atoms with Crippen LogP contribution in [0.2, 0.25) is 0 Å². The zero-order valence-corrected chi connectivity index (χ0v) is 59.7. The molecule has 0 saturated heterocycles. The van der Waals surface area contributed by atoms with Crippen LogP contribution in [0.4, 0.5) is 0 Å². The van der Waals surface area contributed by atoms with Crippen molar-refractivity contribution in [1.29, 1.82) is 0 Å². The number of likely N-dealkylation sites (N-methyl/N-ethyl adjacent to an activating group) is 1. The molecule has 0 bridgehead atoms. The molecule has 0 aliphatic carbocycles. The van der Waals surface area contributed by atoms with Crippen LogP contribution in [0, 0.1) is 0 Å². The van der Waals surface area contributed by atoms with Gasteiger partial charge in [0.15, 0.2) is 12.4 Å². The van der Waals surface area contributed by atoms with E-state index >= 15 is 0 Å². The van der Waals surface area contributed by atoms with E-state index in [4.69, 9.17) is 18.9 Å². The van der Waals surface area contributed by atoms with E-state index in [1.807, 2.05) is 21.1 Å². The number of ether oxygens (including phenoxy) is 4. The maximum absolute atomic E-state index is 13.0. The summed E-state index contributed by atoms with van der Waals surface area (Å²) in [6.45, 7) is 4.54. The number of aliphatic carboxylic acids is 1. The summed E-state index contributed by atoms with van der Waals surface area (Å²) >= 11 is 0. The molecule has 0 amide bonds. The molecule has 0 saturated carbocycles. The molecule has 9 nitrogen and oxygen atoms in total. The first-order valence-corrected chi connectivity index (χ1v) is 37.7. The summed E-state index contributed by atoms with van der Waals surface area (Å²) in [4.78, 5) is 37.6. The Morgan fingerprint density at radius 3 is 0.879 bits per heavy atom. The Morgan fingerprint density at radius 1 is 0.330 bits per heavy atom. The zero-order valence-electron chi connectivity index (χ0n) is 59.7. The number of rotatable bonds is 69. The van der Waals surface area contributed by atoms with Crippen molar-refractivity contribution in [2.45, 2.75) is 334 Å². The summed E-state index contributed by atoms with van der Waals surface area (Å²) in [6.07, 6.45) is 98.7. The molecular formula is C82H141NO8. The number of unbranched alkanes of at least 4 members (excludes halogenated alkanes) is 34. The lowest BCUT2D eigenvalue weighted by Gasteiger charge is -2.26. The van der Waals surface area contributed by atoms with Crippen LogP contribution in [0.1, 0.15) is 322 Å². The molecule has 2 unspecified atom stereocenters. The van der Waals surface area contributed by atoms with E-state index < -0.39 is 24.3 Å². The van der Waals surface area contributed by atoms with Gasteiger partial charge < -0.3 is 33.3 Å². The maximum Gasteiger partial charge on any atom is 0.306 e. The predicted octanol–water partition coefficient (Wildman–Crippen LogP) is 22.6. The smallest absolute Gasteiger partial charge is 0.306 e. The minimum absolute atomic E-state index is 0.143.